The fraction of sp³-hybridized carbons (Fsp3) is 0.312. The van der Waals surface area contributed by atoms with Crippen LogP contribution in [0.15, 0.2) is 42.5 Å². The van der Waals surface area contributed by atoms with Crippen LogP contribution >= 0.6 is 0 Å². The van der Waals surface area contributed by atoms with Crippen LogP contribution in [0.25, 0.3) is 10.8 Å². The van der Waals surface area contributed by atoms with E-state index in [9.17, 15) is 4.79 Å². The summed E-state index contributed by atoms with van der Waals surface area (Å²) in [5.41, 5.74) is 6.62. The molecule has 1 unspecified atom stereocenters. The molecule has 19 heavy (non-hydrogen) atoms. The van der Waals surface area contributed by atoms with Gasteiger partial charge in [-0.3, -0.25) is 4.79 Å². The van der Waals surface area contributed by atoms with Gasteiger partial charge in [0, 0.05) is 18.2 Å². The molecule has 0 spiro atoms. The minimum Gasteiger partial charge on any atom is -0.350 e. The average Bonchev–Trinajstić information content (AvgIpc) is 2.44. The minimum absolute atomic E-state index is 0.0314. The van der Waals surface area contributed by atoms with Crippen LogP contribution in [0.1, 0.15) is 30.1 Å². The molecule has 3 heteroatoms. The van der Waals surface area contributed by atoms with Crippen LogP contribution in [0.5, 0.6) is 0 Å². The molecule has 1 amide bonds. The molecule has 0 saturated heterocycles. The van der Waals surface area contributed by atoms with Crippen molar-refractivity contribution in [2.24, 2.45) is 5.73 Å². The normalized spacial score (nSPS) is 12.3. The van der Waals surface area contributed by atoms with Crippen LogP contribution < -0.4 is 11.1 Å². The highest BCUT2D eigenvalue weighted by Gasteiger charge is 2.10. The molecule has 2 aromatic carbocycles. The number of carbonyl (C=O) groups excluding carboxylic acids is 1. The van der Waals surface area contributed by atoms with Gasteiger partial charge in [0.2, 0.25) is 0 Å². The maximum Gasteiger partial charge on any atom is 0.251 e. The van der Waals surface area contributed by atoms with Gasteiger partial charge in [0.05, 0.1) is 0 Å². The highest BCUT2D eigenvalue weighted by atomic mass is 16.1. The van der Waals surface area contributed by atoms with Gasteiger partial charge in [-0.15, -0.1) is 0 Å². The molecule has 1 atom stereocenters. The lowest BCUT2D eigenvalue weighted by Crippen LogP contribution is -2.37. The minimum atomic E-state index is -0.0525. The van der Waals surface area contributed by atoms with E-state index < -0.39 is 0 Å². The number of nitrogens with one attached hydrogen (secondary N) is 1. The van der Waals surface area contributed by atoms with Crippen molar-refractivity contribution in [3.63, 3.8) is 0 Å². The van der Waals surface area contributed by atoms with Gasteiger partial charge in [-0.1, -0.05) is 49.7 Å². The van der Waals surface area contributed by atoms with Crippen molar-refractivity contribution in [1.82, 2.24) is 5.32 Å². The molecule has 100 valence electrons. The third-order valence-electron chi connectivity index (χ3n) is 3.22. The molecule has 3 N–H and O–H groups in total. The Morgan fingerprint density at radius 1 is 1.21 bits per heavy atom. The number of carbonyl (C=O) groups is 1. The topological polar surface area (TPSA) is 55.1 Å². The molecule has 0 bridgehead atoms. The summed E-state index contributed by atoms with van der Waals surface area (Å²) in [5, 5.41) is 4.97. The Morgan fingerprint density at radius 2 is 1.95 bits per heavy atom. The number of amides is 1. The maximum absolute atomic E-state index is 12.2. The third kappa shape index (κ3) is 3.32. The van der Waals surface area contributed by atoms with Crippen molar-refractivity contribution in [3.8, 4) is 0 Å². The van der Waals surface area contributed by atoms with E-state index in [4.69, 9.17) is 5.73 Å². The van der Waals surface area contributed by atoms with Crippen molar-refractivity contribution < 1.29 is 4.79 Å². The van der Waals surface area contributed by atoms with Gasteiger partial charge in [-0.05, 0) is 23.3 Å². The molecule has 0 aromatic heterocycles. The molecule has 0 saturated carbocycles. The fourth-order valence-corrected chi connectivity index (χ4v) is 2.22. The van der Waals surface area contributed by atoms with Crippen molar-refractivity contribution in [2.75, 3.05) is 6.54 Å². The van der Waals surface area contributed by atoms with Gasteiger partial charge >= 0.3 is 0 Å². The molecule has 3 nitrogen and oxygen atoms in total. The van der Waals surface area contributed by atoms with E-state index in [0.29, 0.717) is 12.1 Å². The van der Waals surface area contributed by atoms with Gasteiger partial charge in [0.1, 0.15) is 0 Å². The zero-order valence-electron chi connectivity index (χ0n) is 11.2. The monoisotopic (exact) mass is 256 g/mol. The zero-order valence-corrected chi connectivity index (χ0v) is 11.2. The summed E-state index contributed by atoms with van der Waals surface area (Å²) in [6.07, 6.45) is 1.96. The summed E-state index contributed by atoms with van der Waals surface area (Å²) in [6, 6.07) is 13.7. The zero-order chi connectivity index (χ0) is 13.7. The van der Waals surface area contributed by atoms with Gasteiger partial charge < -0.3 is 11.1 Å². The van der Waals surface area contributed by atoms with Crippen LogP contribution in [0.4, 0.5) is 0 Å². The molecule has 0 heterocycles. The molecule has 0 aliphatic carbocycles. The predicted octanol–water partition coefficient (Wildman–Crippen LogP) is 2.70. The fourth-order valence-electron chi connectivity index (χ4n) is 2.22. The highest BCUT2D eigenvalue weighted by molar-refractivity contribution is 6.06. The lowest BCUT2D eigenvalue weighted by molar-refractivity contribution is 0.0952. The van der Waals surface area contributed by atoms with E-state index in [1.54, 1.807) is 0 Å². The standard InChI is InChI=1S/C16H20N2O/c1-2-6-13(17)11-18-16(19)15-10-5-8-12-7-3-4-9-14(12)15/h3-5,7-10,13H,2,6,11,17H2,1H3,(H,18,19). The molecule has 0 aliphatic heterocycles. The molecule has 0 radical (unpaired) electrons. The first-order valence-corrected chi connectivity index (χ1v) is 6.74. The third-order valence-corrected chi connectivity index (χ3v) is 3.22. The Labute approximate surface area is 113 Å². The Balaban J connectivity index is 2.13. The number of hydrogen-bond acceptors (Lipinski definition) is 2. The summed E-state index contributed by atoms with van der Waals surface area (Å²) < 4.78 is 0. The first kappa shape index (κ1) is 13.6. The lowest BCUT2D eigenvalue weighted by Gasteiger charge is -2.12. The Morgan fingerprint density at radius 3 is 2.74 bits per heavy atom. The van der Waals surface area contributed by atoms with Gasteiger partial charge in [-0.25, -0.2) is 0 Å². The molecular formula is C16H20N2O. The van der Waals surface area contributed by atoms with Crippen molar-refractivity contribution >= 4 is 16.7 Å². The first-order chi connectivity index (χ1) is 9.22. The summed E-state index contributed by atoms with van der Waals surface area (Å²) in [5.74, 6) is -0.0525. The second-order valence-corrected chi connectivity index (χ2v) is 4.79. The van der Waals surface area contributed by atoms with Crippen LogP contribution in [0.2, 0.25) is 0 Å². The number of hydrogen-bond donors (Lipinski definition) is 2. The summed E-state index contributed by atoms with van der Waals surface area (Å²) in [4.78, 5) is 12.2. The van der Waals surface area contributed by atoms with E-state index in [0.717, 1.165) is 23.6 Å². The maximum atomic E-state index is 12.2. The van der Waals surface area contributed by atoms with E-state index >= 15 is 0 Å². The van der Waals surface area contributed by atoms with Crippen LogP contribution in [-0.4, -0.2) is 18.5 Å². The van der Waals surface area contributed by atoms with Crippen LogP contribution in [0, 0.1) is 0 Å². The molecule has 0 aliphatic rings. The summed E-state index contributed by atoms with van der Waals surface area (Å²) in [6.45, 7) is 2.61. The van der Waals surface area contributed by atoms with E-state index in [1.807, 2.05) is 42.5 Å². The second-order valence-electron chi connectivity index (χ2n) is 4.79. The van der Waals surface area contributed by atoms with Crippen molar-refractivity contribution in [2.45, 2.75) is 25.8 Å². The van der Waals surface area contributed by atoms with Crippen LogP contribution in [0.3, 0.4) is 0 Å². The quantitative estimate of drug-likeness (QED) is 0.864. The number of rotatable bonds is 5. The van der Waals surface area contributed by atoms with Gasteiger partial charge in [0.25, 0.3) is 5.91 Å². The SMILES string of the molecule is CCCC(N)CNC(=O)c1cccc2ccccc12. The van der Waals surface area contributed by atoms with Crippen molar-refractivity contribution in [3.05, 3.63) is 48.0 Å². The Hall–Kier alpha value is -1.87. The van der Waals surface area contributed by atoms with E-state index in [2.05, 4.69) is 12.2 Å². The molecule has 0 fully saturated rings. The summed E-state index contributed by atoms with van der Waals surface area (Å²) in [7, 11) is 0. The highest BCUT2D eigenvalue weighted by Crippen LogP contribution is 2.18. The van der Waals surface area contributed by atoms with E-state index in [-0.39, 0.29) is 11.9 Å². The van der Waals surface area contributed by atoms with Crippen molar-refractivity contribution in [1.29, 1.82) is 0 Å². The first-order valence-electron chi connectivity index (χ1n) is 6.74. The molecular weight excluding hydrogens is 236 g/mol. The second kappa shape index (κ2) is 6.34. The lowest BCUT2D eigenvalue weighted by atomic mass is 10.0. The number of nitrogens with two attached hydrogens (primary N) is 1. The largest absolute Gasteiger partial charge is 0.350 e. The molecule has 2 aromatic rings. The van der Waals surface area contributed by atoms with Crippen LogP contribution in [-0.2, 0) is 0 Å². The van der Waals surface area contributed by atoms with Gasteiger partial charge in [-0.2, -0.15) is 0 Å². The Kier molecular flexibility index (Phi) is 4.53. The van der Waals surface area contributed by atoms with E-state index in [1.165, 1.54) is 0 Å². The smallest absolute Gasteiger partial charge is 0.251 e. The number of fused-ring (bicyclic) bond motifs is 1. The Bertz CT molecular complexity index is 560. The predicted molar refractivity (Wildman–Crippen MR) is 79.2 cm³/mol. The number of benzene rings is 2. The average molecular weight is 256 g/mol. The van der Waals surface area contributed by atoms with Gasteiger partial charge in [0.15, 0.2) is 0 Å². The molecule has 2 rings (SSSR count). The summed E-state index contributed by atoms with van der Waals surface area (Å²) >= 11 is 0.